The van der Waals surface area contributed by atoms with Crippen LogP contribution in [0, 0.1) is 6.92 Å². The van der Waals surface area contributed by atoms with E-state index in [1.54, 1.807) is 12.1 Å². The van der Waals surface area contributed by atoms with Crippen LogP contribution in [-0.2, 0) is 9.59 Å². The van der Waals surface area contributed by atoms with Crippen molar-refractivity contribution in [3.8, 4) is 5.75 Å². The lowest BCUT2D eigenvalue weighted by molar-refractivity contribution is -0.128. The topological polar surface area (TPSA) is 70.7 Å². The Morgan fingerprint density at radius 2 is 2.04 bits per heavy atom. The highest BCUT2D eigenvalue weighted by atomic mass is 35.5. The fraction of sp³-hybridized carbons (Fsp3) is 0.333. The first kappa shape index (κ1) is 20.0. The molecule has 1 atom stereocenters. The van der Waals surface area contributed by atoms with Crippen molar-refractivity contribution in [1.82, 2.24) is 5.32 Å². The van der Waals surface area contributed by atoms with Gasteiger partial charge >= 0.3 is 0 Å². The molecule has 1 aliphatic heterocycles. The molecule has 3 rings (SSSR count). The number of rotatable bonds is 6. The molecule has 2 N–H and O–H groups in total. The smallest absolute Gasteiger partial charge is 0.262 e. The first-order valence-corrected chi connectivity index (χ1v) is 9.70. The van der Waals surface area contributed by atoms with Gasteiger partial charge in [-0.2, -0.15) is 0 Å². The molecule has 0 radical (unpaired) electrons. The van der Waals surface area contributed by atoms with Crippen molar-refractivity contribution in [2.75, 3.05) is 29.9 Å². The van der Waals surface area contributed by atoms with Crippen molar-refractivity contribution < 1.29 is 14.3 Å². The molecule has 0 spiro atoms. The van der Waals surface area contributed by atoms with E-state index in [0.717, 1.165) is 17.7 Å². The number of para-hydroxylation sites is 2. The number of halogens is 1. The van der Waals surface area contributed by atoms with E-state index in [0.29, 0.717) is 29.5 Å². The van der Waals surface area contributed by atoms with Crippen LogP contribution in [0.25, 0.3) is 0 Å². The van der Waals surface area contributed by atoms with Gasteiger partial charge in [-0.15, -0.1) is 0 Å². The van der Waals surface area contributed by atoms with Crippen molar-refractivity contribution in [3.63, 3.8) is 0 Å². The van der Waals surface area contributed by atoms with Gasteiger partial charge in [0.1, 0.15) is 5.75 Å². The molecule has 2 amide bonds. The van der Waals surface area contributed by atoms with Crippen LogP contribution in [0.1, 0.15) is 18.9 Å². The Morgan fingerprint density at radius 1 is 1.25 bits per heavy atom. The second kappa shape index (κ2) is 8.97. The zero-order valence-electron chi connectivity index (χ0n) is 16.0. The molecule has 7 heteroatoms. The van der Waals surface area contributed by atoms with E-state index in [4.69, 9.17) is 16.3 Å². The normalized spacial score (nSPS) is 15.4. The largest absolute Gasteiger partial charge is 0.477 e. The van der Waals surface area contributed by atoms with Crippen LogP contribution in [0.5, 0.6) is 5.75 Å². The lowest BCUT2D eigenvalue weighted by Crippen LogP contribution is -2.50. The van der Waals surface area contributed by atoms with Crippen molar-refractivity contribution in [2.45, 2.75) is 26.4 Å². The molecule has 1 heterocycles. The highest BCUT2D eigenvalue weighted by Crippen LogP contribution is 2.33. The molecule has 0 fully saturated rings. The van der Waals surface area contributed by atoms with E-state index < -0.39 is 6.10 Å². The van der Waals surface area contributed by atoms with Gasteiger partial charge in [0.05, 0.1) is 18.8 Å². The number of nitrogens with zero attached hydrogens (tertiary/aromatic N) is 1. The number of benzene rings is 2. The van der Waals surface area contributed by atoms with Crippen LogP contribution in [0.15, 0.2) is 42.5 Å². The third-order valence-corrected chi connectivity index (χ3v) is 4.90. The Hall–Kier alpha value is -2.73. The minimum absolute atomic E-state index is 0.101. The summed E-state index contributed by atoms with van der Waals surface area (Å²) in [7, 11) is 0. The zero-order chi connectivity index (χ0) is 20.1. The maximum atomic E-state index is 12.6. The lowest BCUT2D eigenvalue weighted by atomic mass is 10.1. The summed E-state index contributed by atoms with van der Waals surface area (Å²) in [6.07, 6.45) is 0.184. The molecule has 0 saturated heterocycles. The summed E-state index contributed by atoms with van der Waals surface area (Å²) in [4.78, 5) is 26.8. The van der Waals surface area contributed by atoms with Gasteiger partial charge in [0, 0.05) is 17.3 Å². The summed E-state index contributed by atoms with van der Waals surface area (Å²) in [5.41, 5.74) is 2.38. The molecule has 1 aliphatic rings. The molecule has 0 aliphatic carbocycles. The number of hydrogen-bond acceptors (Lipinski definition) is 4. The van der Waals surface area contributed by atoms with Crippen molar-refractivity contribution >= 4 is 34.8 Å². The second-order valence-electron chi connectivity index (χ2n) is 6.76. The predicted octanol–water partition coefficient (Wildman–Crippen LogP) is 3.38. The van der Waals surface area contributed by atoms with Gasteiger partial charge in [-0.25, -0.2) is 0 Å². The molecule has 0 aromatic heterocycles. The number of aryl methyl sites for hydroxylation is 1. The van der Waals surface area contributed by atoms with Gasteiger partial charge in [-0.05, 0) is 43.2 Å². The highest BCUT2D eigenvalue weighted by molar-refractivity contribution is 6.31. The van der Waals surface area contributed by atoms with Crippen molar-refractivity contribution in [1.29, 1.82) is 0 Å². The monoisotopic (exact) mass is 401 g/mol. The number of hydrogen-bond donors (Lipinski definition) is 2. The predicted molar refractivity (Wildman–Crippen MR) is 111 cm³/mol. The molecule has 148 valence electrons. The van der Waals surface area contributed by atoms with Gasteiger partial charge in [0.25, 0.3) is 5.91 Å². The Balaban J connectivity index is 1.72. The first-order chi connectivity index (χ1) is 13.5. The fourth-order valence-corrected chi connectivity index (χ4v) is 3.18. The van der Waals surface area contributed by atoms with Crippen molar-refractivity contribution in [2.24, 2.45) is 0 Å². The third kappa shape index (κ3) is 4.75. The standard InChI is InChI=1S/C21H24ClN3O3/c1-3-10-23-21(27)19-12-25(17-6-4-5-7-18(17)28-19)13-20(26)24-15-9-8-14(2)16(22)11-15/h4-9,11,19H,3,10,12-13H2,1-2H3,(H,23,27)(H,24,26)/t19-/m0/s1. The summed E-state index contributed by atoms with van der Waals surface area (Å²) in [5.74, 6) is 0.230. The van der Waals surface area contributed by atoms with Gasteiger partial charge in [0.2, 0.25) is 5.91 Å². The summed E-state index contributed by atoms with van der Waals surface area (Å²) in [6, 6.07) is 12.8. The van der Waals surface area contributed by atoms with Crippen LogP contribution in [-0.4, -0.2) is 37.6 Å². The number of nitrogens with one attached hydrogen (secondary N) is 2. The minimum atomic E-state index is -0.664. The van der Waals surface area contributed by atoms with Crippen LogP contribution in [0.2, 0.25) is 5.02 Å². The van der Waals surface area contributed by atoms with E-state index in [-0.39, 0.29) is 18.4 Å². The SMILES string of the molecule is CCCNC(=O)[C@@H]1CN(CC(=O)Nc2ccc(C)c(Cl)c2)c2ccccc2O1. The van der Waals surface area contributed by atoms with Crippen LogP contribution in [0.3, 0.4) is 0 Å². The molecule has 0 saturated carbocycles. The second-order valence-corrected chi connectivity index (χ2v) is 7.17. The maximum absolute atomic E-state index is 12.6. The molecule has 0 bridgehead atoms. The molecule has 6 nitrogen and oxygen atoms in total. The van der Waals surface area contributed by atoms with E-state index >= 15 is 0 Å². The molecular weight excluding hydrogens is 378 g/mol. The van der Waals surface area contributed by atoms with Gasteiger partial charge in [0.15, 0.2) is 6.10 Å². The molecule has 2 aromatic rings. The highest BCUT2D eigenvalue weighted by Gasteiger charge is 2.31. The van der Waals surface area contributed by atoms with Crippen LogP contribution < -0.4 is 20.3 Å². The Bertz CT molecular complexity index is 872. The fourth-order valence-electron chi connectivity index (χ4n) is 3.00. The van der Waals surface area contributed by atoms with E-state index in [1.807, 2.05) is 49.1 Å². The Morgan fingerprint density at radius 3 is 2.79 bits per heavy atom. The van der Waals surface area contributed by atoms with E-state index in [1.165, 1.54) is 0 Å². The summed E-state index contributed by atoms with van der Waals surface area (Å²) < 4.78 is 5.85. The average molecular weight is 402 g/mol. The number of ether oxygens (including phenoxy) is 1. The number of fused-ring (bicyclic) bond motifs is 1. The number of carbonyl (C=O) groups excluding carboxylic acids is 2. The Kier molecular flexibility index (Phi) is 6.41. The van der Waals surface area contributed by atoms with Gasteiger partial charge in [-0.1, -0.05) is 36.7 Å². The van der Waals surface area contributed by atoms with Gasteiger partial charge in [-0.3, -0.25) is 9.59 Å². The van der Waals surface area contributed by atoms with E-state index in [2.05, 4.69) is 10.6 Å². The summed E-state index contributed by atoms with van der Waals surface area (Å²) >= 11 is 6.13. The first-order valence-electron chi connectivity index (χ1n) is 9.32. The minimum Gasteiger partial charge on any atom is -0.477 e. The van der Waals surface area contributed by atoms with Gasteiger partial charge < -0.3 is 20.3 Å². The van der Waals surface area contributed by atoms with E-state index in [9.17, 15) is 9.59 Å². The quantitative estimate of drug-likeness (QED) is 0.778. The summed E-state index contributed by atoms with van der Waals surface area (Å²) in [6.45, 7) is 4.89. The maximum Gasteiger partial charge on any atom is 0.262 e. The van der Waals surface area contributed by atoms with Crippen molar-refractivity contribution in [3.05, 3.63) is 53.1 Å². The summed E-state index contributed by atoms with van der Waals surface area (Å²) in [5, 5.41) is 6.31. The molecule has 2 aromatic carbocycles. The molecular formula is C21H24ClN3O3. The zero-order valence-corrected chi connectivity index (χ0v) is 16.8. The third-order valence-electron chi connectivity index (χ3n) is 4.49. The number of anilines is 2. The Labute approximate surface area is 169 Å². The average Bonchev–Trinajstić information content (AvgIpc) is 2.68. The number of amides is 2. The van der Waals surface area contributed by atoms with Crippen LogP contribution >= 0.6 is 11.6 Å². The molecule has 28 heavy (non-hydrogen) atoms. The molecule has 0 unspecified atom stereocenters. The lowest BCUT2D eigenvalue weighted by Gasteiger charge is -2.35. The number of carbonyl (C=O) groups is 2. The van der Waals surface area contributed by atoms with Crippen LogP contribution in [0.4, 0.5) is 11.4 Å².